The Morgan fingerprint density at radius 3 is 1.93 bits per heavy atom. The fourth-order valence-corrected chi connectivity index (χ4v) is 5.19. The maximum Gasteiger partial charge on any atom is 0.318 e. The molecule has 14 heavy (non-hydrogen) atoms. The summed E-state index contributed by atoms with van der Waals surface area (Å²) in [5, 5.41) is 0. The van der Waals surface area contributed by atoms with Crippen LogP contribution in [0, 0.1) is 16.2 Å². The molecule has 2 unspecified atom stereocenters. The summed E-state index contributed by atoms with van der Waals surface area (Å²) < 4.78 is 0. The van der Waals surface area contributed by atoms with Gasteiger partial charge in [0.15, 0.2) is 0 Å². The highest BCUT2D eigenvalue weighted by Gasteiger charge is 2.65. The number of piperidine rings is 3. The SMILES string of the molecule is CC12C[NH+]3CC(C)(C1)CC(C)(C2)C3=O. The average Bonchev–Trinajstić information content (AvgIpc) is 1.94. The maximum atomic E-state index is 12.1. The van der Waals surface area contributed by atoms with Gasteiger partial charge in [0.1, 0.15) is 0 Å². The van der Waals surface area contributed by atoms with Crippen molar-refractivity contribution in [2.75, 3.05) is 13.1 Å². The Bertz CT molecular complexity index is 304. The molecule has 3 saturated heterocycles. The molecule has 1 amide bonds. The van der Waals surface area contributed by atoms with Crippen LogP contribution in [0.5, 0.6) is 0 Å². The van der Waals surface area contributed by atoms with Crippen molar-refractivity contribution >= 4 is 5.91 Å². The van der Waals surface area contributed by atoms with Gasteiger partial charge in [0.05, 0.1) is 18.5 Å². The Morgan fingerprint density at radius 1 is 1.00 bits per heavy atom. The van der Waals surface area contributed by atoms with E-state index < -0.39 is 0 Å². The lowest BCUT2D eigenvalue weighted by atomic mass is 9.49. The summed E-state index contributed by atoms with van der Waals surface area (Å²) in [6.07, 6.45) is 3.61. The number of hydrogen-bond donors (Lipinski definition) is 1. The van der Waals surface area contributed by atoms with E-state index in [0.717, 1.165) is 25.9 Å². The van der Waals surface area contributed by atoms with E-state index in [-0.39, 0.29) is 5.41 Å². The Kier molecular flexibility index (Phi) is 1.32. The second kappa shape index (κ2) is 2.08. The molecule has 4 fully saturated rings. The zero-order chi connectivity index (χ0) is 10.2. The third-order valence-electron chi connectivity index (χ3n) is 4.64. The van der Waals surface area contributed by atoms with E-state index >= 15 is 0 Å². The summed E-state index contributed by atoms with van der Waals surface area (Å²) in [7, 11) is 0. The number of amides is 1. The van der Waals surface area contributed by atoms with Crippen molar-refractivity contribution in [3.05, 3.63) is 0 Å². The minimum absolute atomic E-state index is 0.00752. The van der Waals surface area contributed by atoms with Crippen molar-refractivity contribution in [2.24, 2.45) is 16.2 Å². The molecule has 3 heterocycles. The van der Waals surface area contributed by atoms with Crippen LogP contribution in [-0.4, -0.2) is 19.0 Å². The second-order valence-electron chi connectivity index (χ2n) is 7.00. The highest BCUT2D eigenvalue weighted by molar-refractivity contribution is 5.76. The van der Waals surface area contributed by atoms with Gasteiger partial charge in [-0.2, -0.15) is 0 Å². The summed E-state index contributed by atoms with van der Waals surface area (Å²) in [6, 6.07) is 0. The Labute approximate surface area is 85.7 Å². The quantitative estimate of drug-likeness (QED) is 0.600. The molecule has 4 rings (SSSR count). The van der Waals surface area contributed by atoms with Crippen LogP contribution in [-0.2, 0) is 4.79 Å². The van der Waals surface area contributed by atoms with Gasteiger partial charge in [-0.15, -0.1) is 0 Å². The van der Waals surface area contributed by atoms with Gasteiger partial charge in [-0.3, -0.25) is 4.90 Å². The van der Waals surface area contributed by atoms with Gasteiger partial charge in [-0.25, -0.2) is 4.79 Å². The van der Waals surface area contributed by atoms with Crippen LogP contribution in [0.1, 0.15) is 40.0 Å². The summed E-state index contributed by atoms with van der Waals surface area (Å²) >= 11 is 0. The lowest BCUT2D eigenvalue weighted by Gasteiger charge is -2.60. The summed E-state index contributed by atoms with van der Waals surface area (Å²) in [5.74, 6) is 0.507. The number of quaternary nitrogens is 1. The molecule has 4 aliphatic rings. The predicted octanol–water partition coefficient (Wildman–Crippen LogP) is 0.628. The van der Waals surface area contributed by atoms with Gasteiger partial charge in [-0.05, 0) is 26.2 Å². The molecule has 2 atom stereocenters. The monoisotopic (exact) mass is 194 g/mol. The van der Waals surface area contributed by atoms with Crippen molar-refractivity contribution in [1.29, 1.82) is 0 Å². The first-order valence-corrected chi connectivity index (χ1v) is 5.74. The normalized spacial score (nSPS) is 60.8. The zero-order valence-electron chi connectivity index (χ0n) is 9.44. The number of rotatable bonds is 0. The number of hydrogen-bond acceptors (Lipinski definition) is 1. The topological polar surface area (TPSA) is 21.5 Å². The standard InChI is InChI=1S/C12H19NO/c1-10-4-11(2)6-12(3,5-10)9(14)13(7-10)8-11/h4-8H2,1-3H3/p+1. The van der Waals surface area contributed by atoms with Crippen LogP contribution in [0.3, 0.4) is 0 Å². The minimum Gasteiger partial charge on any atom is -0.270 e. The fraction of sp³-hybridized carbons (Fsp3) is 0.917. The molecule has 3 aliphatic heterocycles. The number of carbonyl (C=O) groups is 1. The van der Waals surface area contributed by atoms with E-state index in [9.17, 15) is 4.79 Å². The first-order chi connectivity index (χ1) is 6.34. The van der Waals surface area contributed by atoms with Crippen LogP contribution >= 0.6 is 0 Å². The smallest absolute Gasteiger partial charge is 0.270 e. The van der Waals surface area contributed by atoms with Crippen molar-refractivity contribution in [3.63, 3.8) is 0 Å². The molecule has 0 aromatic rings. The van der Waals surface area contributed by atoms with E-state index in [0.29, 0.717) is 16.7 Å². The van der Waals surface area contributed by atoms with E-state index in [1.807, 2.05) is 0 Å². The maximum absolute atomic E-state index is 12.1. The first kappa shape index (κ1) is 8.90. The predicted molar refractivity (Wildman–Crippen MR) is 53.9 cm³/mol. The average molecular weight is 194 g/mol. The molecule has 1 aliphatic carbocycles. The van der Waals surface area contributed by atoms with Crippen molar-refractivity contribution < 1.29 is 9.69 Å². The largest absolute Gasteiger partial charge is 0.318 e. The lowest BCUT2D eigenvalue weighted by Crippen LogP contribution is -3.22. The van der Waals surface area contributed by atoms with E-state index in [1.165, 1.54) is 11.3 Å². The van der Waals surface area contributed by atoms with Gasteiger partial charge in [0, 0.05) is 10.8 Å². The van der Waals surface area contributed by atoms with Crippen LogP contribution in [0.2, 0.25) is 0 Å². The Balaban J connectivity index is 2.10. The van der Waals surface area contributed by atoms with E-state index in [4.69, 9.17) is 0 Å². The van der Waals surface area contributed by atoms with Crippen LogP contribution in [0.15, 0.2) is 0 Å². The Hall–Kier alpha value is -0.370. The molecule has 2 nitrogen and oxygen atoms in total. The third-order valence-corrected chi connectivity index (χ3v) is 4.64. The zero-order valence-corrected chi connectivity index (χ0v) is 9.44. The third kappa shape index (κ3) is 0.928. The molecular formula is C12H20NO+. The van der Waals surface area contributed by atoms with Crippen molar-refractivity contribution in [2.45, 2.75) is 40.0 Å². The van der Waals surface area contributed by atoms with Crippen LogP contribution in [0.25, 0.3) is 0 Å². The molecule has 1 saturated carbocycles. The Morgan fingerprint density at radius 2 is 1.50 bits per heavy atom. The highest BCUT2D eigenvalue weighted by Crippen LogP contribution is 2.57. The summed E-state index contributed by atoms with van der Waals surface area (Å²) in [4.78, 5) is 13.4. The van der Waals surface area contributed by atoms with Gasteiger partial charge in [0.2, 0.25) is 0 Å². The molecule has 1 N–H and O–H groups in total. The molecule has 0 radical (unpaired) electrons. The van der Waals surface area contributed by atoms with Gasteiger partial charge < -0.3 is 0 Å². The summed E-state index contributed by atoms with van der Waals surface area (Å²) in [5.41, 5.74) is 0.903. The van der Waals surface area contributed by atoms with Gasteiger partial charge in [0.25, 0.3) is 0 Å². The molecule has 2 heteroatoms. The van der Waals surface area contributed by atoms with E-state index in [2.05, 4.69) is 20.8 Å². The van der Waals surface area contributed by atoms with Crippen molar-refractivity contribution in [1.82, 2.24) is 0 Å². The molecular weight excluding hydrogens is 174 g/mol. The fourth-order valence-electron chi connectivity index (χ4n) is 5.19. The number of carbonyl (C=O) groups excluding carboxylic acids is 1. The van der Waals surface area contributed by atoms with Crippen LogP contribution in [0.4, 0.5) is 0 Å². The van der Waals surface area contributed by atoms with Crippen molar-refractivity contribution in [3.8, 4) is 0 Å². The van der Waals surface area contributed by atoms with Gasteiger partial charge >= 0.3 is 5.91 Å². The van der Waals surface area contributed by atoms with E-state index in [1.54, 1.807) is 0 Å². The summed E-state index contributed by atoms with van der Waals surface area (Å²) in [6.45, 7) is 9.15. The first-order valence-electron chi connectivity index (χ1n) is 5.74. The molecule has 4 bridgehead atoms. The second-order valence-corrected chi connectivity index (χ2v) is 7.00. The lowest BCUT2D eigenvalue weighted by molar-refractivity contribution is -0.862. The number of nitrogens with one attached hydrogen (secondary N) is 1. The molecule has 0 aromatic carbocycles. The molecule has 78 valence electrons. The molecule has 0 spiro atoms. The minimum atomic E-state index is 0.00752. The van der Waals surface area contributed by atoms with Crippen LogP contribution < -0.4 is 4.90 Å². The molecule has 0 aromatic heterocycles. The highest BCUT2D eigenvalue weighted by atomic mass is 16.2. The van der Waals surface area contributed by atoms with Gasteiger partial charge in [-0.1, -0.05) is 13.8 Å².